The van der Waals surface area contributed by atoms with Gasteiger partial charge >= 0.3 is 0 Å². The van der Waals surface area contributed by atoms with Crippen LogP contribution in [-0.2, 0) is 0 Å². The zero-order valence-electron chi connectivity index (χ0n) is 27.3. The number of hydrogen-bond acceptors (Lipinski definition) is 3. The number of benzene rings is 9. The van der Waals surface area contributed by atoms with E-state index >= 15 is 0 Å². The Morgan fingerprint density at radius 2 is 1.08 bits per heavy atom. The van der Waals surface area contributed by atoms with E-state index in [1.807, 2.05) is 42.7 Å². The molecule has 9 aromatic carbocycles. The smallest absolute Gasteiger partial charge is 0.136 e. The van der Waals surface area contributed by atoms with Gasteiger partial charge in [-0.15, -0.1) is 0 Å². The Balaban J connectivity index is 1.04. The molecule has 0 bridgehead atoms. The van der Waals surface area contributed by atoms with Gasteiger partial charge in [0.05, 0.1) is 11.6 Å². The van der Waals surface area contributed by atoms with Crippen molar-refractivity contribution in [3.63, 3.8) is 0 Å². The van der Waals surface area contributed by atoms with Crippen molar-refractivity contribution in [2.45, 2.75) is 0 Å². The Morgan fingerprint density at radius 1 is 0.431 bits per heavy atom. The maximum atomic E-state index is 9.70. The molecule has 0 atom stereocenters. The maximum Gasteiger partial charge on any atom is 0.136 e. The van der Waals surface area contributed by atoms with Crippen molar-refractivity contribution in [1.29, 1.82) is 5.26 Å². The topological polar surface area (TPSA) is 45.9 Å². The molecule has 3 heteroatoms. The molecular formula is C48H26N2O. The Kier molecular flexibility index (Phi) is 5.73. The molecule has 11 rings (SSSR count). The molecule has 0 saturated heterocycles. The Labute approximate surface area is 293 Å². The molecule has 0 N–H and O–H groups in total. The minimum absolute atomic E-state index is 0.658. The summed E-state index contributed by atoms with van der Waals surface area (Å²) < 4.78 is 6.53. The van der Waals surface area contributed by atoms with E-state index in [1.54, 1.807) is 0 Å². The van der Waals surface area contributed by atoms with E-state index in [2.05, 4.69) is 126 Å². The Morgan fingerprint density at radius 3 is 1.75 bits per heavy atom. The third kappa shape index (κ3) is 4.08. The molecule has 0 unspecified atom stereocenters. The fourth-order valence-corrected chi connectivity index (χ4v) is 8.39. The van der Waals surface area contributed by atoms with E-state index in [9.17, 15) is 5.26 Å². The second-order valence-corrected chi connectivity index (χ2v) is 13.4. The molecule has 3 nitrogen and oxygen atoms in total. The van der Waals surface area contributed by atoms with Crippen molar-refractivity contribution in [3.8, 4) is 62.1 Å². The fourth-order valence-electron chi connectivity index (χ4n) is 8.39. The number of ether oxygens (including phenoxy) is 1. The molecule has 0 fully saturated rings. The average molecular weight is 647 g/mol. The largest absolute Gasteiger partial charge is 0.456 e. The summed E-state index contributed by atoms with van der Waals surface area (Å²) in [5.41, 5.74) is 9.77. The van der Waals surface area contributed by atoms with E-state index in [0.29, 0.717) is 5.56 Å². The zero-order valence-corrected chi connectivity index (χ0v) is 27.3. The highest BCUT2D eigenvalue weighted by Crippen LogP contribution is 2.49. The van der Waals surface area contributed by atoms with Crippen LogP contribution in [0, 0.1) is 11.3 Å². The summed E-state index contributed by atoms with van der Waals surface area (Å²) in [4.78, 5) is 4.35. The number of aromatic nitrogens is 1. The highest BCUT2D eigenvalue weighted by Gasteiger charge is 2.22. The van der Waals surface area contributed by atoms with Crippen LogP contribution in [0.25, 0.3) is 98.4 Å². The van der Waals surface area contributed by atoms with Gasteiger partial charge in [0.1, 0.15) is 11.5 Å². The highest BCUT2D eigenvalue weighted by molar-refractivity contribution is 6.25. The molecule has 1 aliphatic rings. The van der Waals surface area contributed by atoms with E-state index in [1.165, 1.54) is 59.8 Å². The molecule has 1 aliphatic heterocycles. The highest BCUT2D eigenvalue weighted by atomic mass is 16.5. The van der Waals surface area contributed by atoms with Gasteiger partial charge in [-0.05, 0) is 131 Å². The van der Waals surface area contributed by atoms with E-state index in [0.717, 1.165) is 50.1 Å². The van der Waals surface area contributed by atoms with Crippen molar-refractivity contribution in [1.82, 2.24) is 4.98 Å². The molecule has 2 heterocycles. The van der Waals surface area contributed by atoms with E-state index in [4.69, 9.17) is 4.74 Å². The summed E-state index contributed by atoms with van der Waals surface area (Å²) in [7, 11) is 0. The molecule has 0 aliphatic carbocycles. The third-order valence-electron chi connectivity index (χ3n) is 10.7. The van der Waals surface area contributed by atoms with Crippen LogP contribution >= 0.6 is 0 Å². The first-order valence-corrected chi connectivity index (χ1v) is 17.2. The molecule has 0 spiro atoms. The number of nitrogens with zero attached hydrogens (tertiary/aromatic N) is 2. The van der Waals surface area contributed by atoms with Gasteiger partial charge in [-0.3, -0.25) is 4.98 Å². The van der Waals surface area contributed by atoms with Gasteiger partial charge < -0.3 is 4.74 Å². The lowest BCUT2D eigenvalue weighted by Gasteiger charge is -2.22. The Bertz CT molecular complexity index is 3050. The predicted octanol–water partition coefficient (Wildman–Crippen LogP) is 12.9. The summed E-state index contributed by atoms with van der Waals surface area (Å²) in [5.74, 6) is 1.61. The number of nitriles is 1. The first kappa shape index (κ1) is 27.9. The quantitative estimate of drug-likeness (QED) is 0.179. The SMILES string of the molecule is N#Cc1ccc2c3c(cccc13)-c1ccc(-c3ccc(-c4cc5ccc6cc(-c7cccnc7)cc7ccc(c4)c5c67)c4ccccc34)cc1O2. The lowest BCUT2D eigenvalue weighted by Crippen LogP contribution is -1.98. The molecular weight excluding hydrogens is 621 g/mol. The molecule has 0 saturated carbocycles. The standard InChI is InChI=1S/C48H26N2O/c49-26-33-15-19-44-48-39(33)8-3-9-43(48)42-16-14-28(25-45(42)51-44)37-17-18-38(41-7-2-1-6-40(37)41)36-23-31-12-10-29-21-35(34-5-4-20-50-27-34)22-30-11-13-32(24-36)47(31)46(29)30/h1-25,27H. The summed E-state index contributed by atoms with van der Waals surface area (Å²) in [6.07, 6.45) is 3.75. The van der Waals surface area contributed by atoms with Crippen molar-refractivity contribution in [2.75, 3.05) is 0 Å². The van der Waals surface area contributed by atoms with Crippen LogP contribution in [0.4, 0.5) is 0 Å². The first-order valence-electron chi connectivity index (χ1n) is 17.2. The van der Waals surface area contributed by atoms with Crippen molar-refractivity contribution < 1.29 is 4.74 Å². The van der Waals surface area contributed by atoms with Gasteiger partial charge in [-0.2, -0.15) is 5.26 Å². The lowest BCUT2D eigenvalue weighted by molar-refractivity contribution is 0.487. The maximum absolute atomic E-state index is 9.70. The lowest BCUT2D eigenvalue weighted by atomic mass is 9.87. The van der Waals surface area contributed by atoms with Crippen LogP contribution in [0.5, 0.6) is 11.5 Å². The van der Waals surface area contributed by atoms with Crippen LogP contribution in [0.2, 0.25) is 0 Å². The van der Waals surface area contributed by atoms with Crippen LogP contribution in [-0.4, -0.2) is 4.98 Å². The number of fused-ring (bicyclic) bond motifs is 3. The predicted molar refractivity (Wildman–Crippen MR) is 209 cm³/mol. The fraction of sp³-hybridized carbons (Fsp3) is 0. The first-order chi connectivity index (χ1) is 25.2. The minimum Gasteiger partial charge on any atom is -0.456 e. The molecule has 0 amide bonds. The third-order valence-corrected chi connectivity index (χ3v) is 10.7. The van der Waals surface area contributed by atoms with Crippen LogP contribution in [0.3, 0.4) is 0 Å². The van der Waals surface area contributed by atoms with E-state index in [-0.39, 0.29) is 0 Å². The van der Waals surface area contributed by atoms with Crippen LogP contribution < -0.4 is 4.74 Å². The summed E-state index contributed by atoms with van der Waals surface area (Å²) in [5, 5.41) is 21.6. The van der Waals surface area contributed by atoms with Crippen LogP contribution in [0.15, 0.2) is 158 Å². The molecule has 0 radical (unpaired) electrons. The zero-order chi connectivity index (χ0) is 33.6. The van der Waals surface area contributed by atoms with Crippen LogP contribution in [0.1, 0.15) is 5.56 Å². The summed E-state index contributed by atoms with van der Waals surface area (Å²) >= 11 is 0. The molecule has 51 heavy (non-hydrogen) atoms. The minimum atomic E-state index is 0.658. The molecule has 1 aromatic heterocycles. The van der Waals surface area contributed by atoms with E-state index < -0.39 is 0 Å². The monoisotopic (exact) mass is 646 g/mol. The van der Waals surface area contributed by atoms with Gasteiger partial charge in [0.2, 0.25) is 0 Å². The molecule has 10 aromatic rings. The normalized spacial score (nSPS) is 12.1. The second kappa shape index (κ2) is 10.5. The van der Waals surface area contributed by atoms with Gasteiger partial charge in [0.25, 0.3) is 0 Å². The van der Waals surface area contributed by atoms with Gasteiger partial charge in [-0.25, -0.2) is 0 Å². The second-order valence-electron chi connectivity index (χ2n) is 13.4. The molecule has 234 valence electrons. The van der Waals surface area contributed by atoms with Gasteiger partial charge in [-0.1, -0.05) is 91.0 Å². The number of rotatable bonds is 3. The number of pyridine rings is 1. The van der Waals surface area contributed by atoms with Gasteiger partial charge in [0, 0.05) is 34.3 Å². The summed E-state index contributed by atoms with van der Waals surface area (Å²) in [6, 6.07) is 54.4. The van der Waals surface area contributed by atoms with Crippen molar-refractivity contribution in [2.24, 2.45) is 0 Å². The van der Waals surface area contributed by atoms with Crippen molar-refractivity contribution in [3.05, 3.63) is 164 Å². The van der Waals surface area contributed by atoms with Gasteiger partial charge in [0.15, 0.2) is 0 Å². The van der Waals surface area contributed by atoms with Crippen molar-refractivity contribution >= 4 is 53.9 Å². The number of hydrogen-bond donors (Lipinski definition) is 0. The Hall–Kier alpha value is -7.02. The average Bonchev–Trinajstić information content (AvgIpc) is 3.19. The summed E-state index contributed by atoms with van der Waals surface area (Å²) in [6.45, 7) is 0.